The molecule has 0 atom stereocenters. The maximum atomic E-state index is 11.0. The van der Waals surface area contributed by atoms with Crippen LogP contribution in [0.5, 0.6) is 11.5 Å². The van der Waals surface area contributed by atoms with Gasteiger partial charge in [0, 0.05) is 16.6 Å². The molecule has 0 saturated heterocycles. The molecule has 4 rings (SSSR count). The summed E-state index contributed by atoms with van der Waals surface area (Å²) in [6, 6.07) is 17.8. The lowest BCUT2D eigenvalue weighted by molar-refractivity contribution is -0.384. The highest BCUT2D eigenvalue weighted by Crippen LogP contribution is 2.36. The number of H-pyrrole nitrogens is 1. The van der Waals surface area contributed by atoms with E-state index in [4.69, 9.17) is 9.47 Å². The van der Waals surface area contributed by atoms with Gasteiger partial charge in [-0.15, -0.1) is 0 Å². The van der Waals surface area contributed by atoms with Gasteiger partial charge in [0.2, 0.25) is 0 Å². The minimum Gasteiger partial charge on any atom is -0.493 e. The minimum absolute atomic E-state index is 0.000453. The number of nitriles is 1. The number of fused-ring (bicyclic) bond motifs is 1. The van der Waals surface area contributed by atoms with Crippen molar-refractivity contribution in [1.29, 1.82) is 5.26 Å². The first-order chi connectivity index (χ1) is 16.4. The maximum absolute atomic E-state index is 11.0. The number of rotatable bonds is 7. The van der Waals surface area contributed by atoms with E-state index in [2.05, 4.69) is 32.0 Å². The van der Waals surface area contributed by atoms with Crippen molar-refractivity contribution in [2.75, 3.05) is 7.11 Å². The number of nitrogens with one attached hydrogen (secondary N) is 1. The van der Waals surface area contributed by atoms with E-state index in [0.29, 0.717) is 38.5 Å². The first-order valence-corrected chi connectivity index (χ1v) is 11.0. The molecule has 4 aromatic rings. The standard InChI is InChI=1S/C25H19BrN4O4/c1-15-6-7-21-22(8-15)29-25(28-21)18(13-27)10-17-11-23(33-2)24(12-20(17)26)34-14-16-4-3-5-19(9-16)30(31)32/h3-12H,14H2,1-2H3,(H,28,29)/b18-10-. The topological polar surface area (TPSA) is 114 Å². The Hall–Kier alpha value is -4.16. The Morgan fingerprint density at radius 1 is 1.24 bits per heavy atom. The van der Waals surface area contributed by atoms with Crippen LogP contribution in [0.2, 0.25) is 0 Å². The highest BCUT2D eigenvalue weighted by molar-refractivity contribution is 9.10. The number of imidazole rings is 1. The van der Waals surface area contributed by atoms with E-state index in [0.717, 1.165) is 16.6 Å². The second-order valence-electron chi connectivity index (χ2n) is 7.52. The average molecular weight is 519 g/mol. The number of hydrogen-bond donors (Lipinski definition) is 1. The zero-order chi connectivity index (χ0) is 24.2. The molecule has 0 aliphatic rings. The number of hydrogen-bond acceptors (Lipinski definition) is 6. The summed E-state index contributed by atoms with van der Waals surface area (Å²) < 4.78 is 12.0. The summed E-state index contributed by atoms with van der Waals surface area (Å²) in [6.07, 6.45) is 1.71. The molecule has 34 heavy (non-hydrogen) atoms. The number of aryl methyl sites for hydroxylation is 1. The monoisotopic (exact) mass is 518 g/mol. The second-order valence-corrected chi connectivity index (χ2v) is 8.37. The highest BCUT2D eigenvalue weighted by Gasteiger charge is 2.14. The van der Waals surface area contributed by atoms with Gasteiger partial charge >= 0.3 is 0 Å². The number of aromatic amines is 1. The molecule has 8 nitrogen and oxygen atoms in total. The number of ether oxygens (including phenoxy) is 2. The summed E-state index contributed by atoms with van der Waals surface area (Å²) in [4.78, 5) is 18.3. The van der Waals surface area contributed by atoms with Gasteiger partial charge in [-0.3, -0.25) is 10.1 Å². The van der Waals surface area contributed by atoms with Gasteiger partial charge in [0.05, 0.1) is 28.6 Å². The number of nitro benzene ring substituents is 1. The molecule has 170 valence electrons. The molecular formula is C25H19BrN4O4. The van der Waals surface area contributed by atoms with Crippen LogP contribution in [0.4, 0.5) is 5.69 Å². The molecule has 0 spiro atoms. The summed E-state index contributed by atoms with van der Waals surface area (Å²) in [5, 5.41) is 20.8. The van der Waals surface area contributed by atoms with Crippen LogP contribution < -0.4 is 9.47 Å². The van der Waals surface area contributed by atoms with Crippen LogP contribution in [0.3, 0.4) is 0 Å². The smallest absolute Gasteiger partial charge is 0.269 e. The predicted molar refractivity (Wildman–Crippen MR) is 132 cm³/mol. The summed E-state index contributed by atoms with van der Waals surface area (Å²) in [5.41, 5.74) is 4.46. The minimum atomic E-state index is -0.447. The number of nitrogens with zero attached hydrogens (tertiary/aromatic N) is 3. The molecule has 1 heterocycles. The van der Waals surface area contributed by atoms with Crippen molar-refractivity contribution in [3.63, 3.8) is 0 Å². The molecule has 0 fully saturated rings. The van der Waals surface area contributed by atoms with Crippen molar-refractivity contribution in [3.05, 3.63) is 91.7 Å². The lowest BCUT2D eigenvalue weighted by Gasteiger charge is -2.13. The van der Waals surface area contributed by atoms with Crippen molar-refractivity contribution in [2.45, 2.75) is 13.5 Å². The fraction of sp³-hybridized carbons (Fsp3) is 0.120. The summed E-state index contributed by atoms with van der Waals surface area (Å²) >= 11 is 3.53. The van der Waals surface area contributed by atoms with E-state index >= 15 is 0 Å². The number of aromatic nitrogens is 2. The van der Waals surface area contributed by atoms with Gasteiger partial charge in [-0.2, -0.15) is 5.26 Å². The van der Waals surface area contributed by atoms with Gasteiger partial charge in [-0.1, -0.05) is 34.1 Å². The third-order valence-corrected chi connectivity index (χ3v) is 5.80. The van der Waals surface area contributed by atoms with Gasteiger partial charge in [0.15, 0.2) is 11.5 Å². The molecule has 0 bridgehead atoms. The van der Waals surface area contributed by atoms with Gasteiger partial charge in [0.1, 0.15) is 18.5 Å². The third-order valence-electron chi connectivity index (χ3n) is 5.11. The summed E-state index contributed by atoms with van der Waals surface area (Å²) in [5.74, 6) is 1.38. The highest BCUT2D eigenvalue weighted by atomic mass is 79.9. The van der Waals surface area contributed by atoms with E-state index in [1.165, 1.54) is 19.2 Å². The van der Waals surface area contributed by atoms with Gasteiger partial charge in [0.25, 0.3) is 5.69 Å². The SMILES string of the molecule is COc1cc(/C=C(/C#N)c2nc3ccc(C)cc3[nH]2)c(Br)cc1OCc1cccc([N+](=O)[O-])c1. The molecule has 0 aliphatic heterocycles. The average Bonchev–Trinajstić information content (AvgIpc) is 3.25. The Morgan fingerprint density at radius 3 is 2.79 bits per heavy atom. The van der Waals surface area contributed by atoms with Crippen molar-refractivity contribution in [2.24, 2.45) is 0 Å². The largest absolute Gasteiger partial charge is 0.493 e. The van der Waals surface area contributed by atoms with Gasteiger partial charge in [-0.25, -0.2) is 4.98 Å². The Kier molecular flexibility index (Phi) is 6.61. The predicted octanol–water partition coefficient (Wildman–Crippen LogP) is 6.19. The molecule has 0 unspecified atom stereocenters. The Bertz CT molecular complexity index is 1470. The molecule has 0 amide bonds. The van der Waals surface area contributed by atoms with Crippen LogP contribution in [0.15, 0.2) is 59.1 Å². The van der Waals surface area contributed by atoms with Crippen LogP contribution in [0.1, 0.15) is 22.5 Å². The Balaban J connectivity index is 1.62. The van der Waals surface area contributed by atoms with Crippen molar-refractivity contribution in [1.82, 2.24) is 9.97 Å². The Morgan fingerprint density at radius 2 is 2.06 bits per heavy atom. The fourth-order valence-corrected chi connectivity index (χ4v) is 3.85. The molecule has 1 N–H and O–H groups in total. The van der Waals surface area contributed by atoms with Crippen molar-refractivity contribution >= 4 is 44.3 Å². The molecule has 3 aromatic carbocycles. The van der Waals surface area contributed by atoms with Crippen LogP contribution in [0, 0.1) is 28.4 Å². The summed E-state index contributed by atoms with van der Waals surface area (Å²) in [7, 11) is 1.52. The van der Waals surface area contributed by atoms with E-state index in [-0.39, 0.29) is 12.3 Å². The van der Waals surface area contributed by atoms with Crippen LogP contribution in [-0.2, 0) is 6.61 Å². The van der Waals surface area contributed by atoms with E-state index in [1.807, 2.05) is 25.1 Å². The quantitative estimate of drug-likeness (QED) is 0.177. The zero-order valence-corrected chi connectivity index (χ0v) is 19.9. The van der Waals surface area contributed by atoms with E-state index in [1.54, 1.807) is 30.3 Å². The molecular weight excluding hydrogens is 500 g/mol. The van der Waals surface area contributed by atoms with E-state index < -0.39 is 4.92 Å². The lowest BCUT2D eigenvalue weighted by Crippen LogP contribution is -1.99. The fourth-order valence-electron chi connectivity index (χ4n) is 3.41. The Labute approximate surface area is 203 Å². The number of benzene rings is 3. The van der Waals surface area contributed by atoms with Crippen LogP contribution in [0.25, 0.3) is 22.7 Å². The molecule has 0 aliphatic carbocycles. The summed E-state index contributed by atoms with van der Waals surface area (Å²) in [6.45, 7) is 2.12. The van der Waals surface area contributed by atoms with Crippen LogP contribution >= 0.6 is 15.9 Å². The number of halogens is 1. The van der Waals surface area contributed by atoms with Crippen molar-refractivity contribution < 1.29 is 14.4 Å². The maximum Gasteiger partial charge on any atom is 0.269 e. The molecule has 0 radical (unpaired) electrons. The van der Waals surface area contributed by atoms with E-state index in [9.17, 15) is 15.4 Å². The number of methoxy groups -OCH3 is 1. The molecule has 0 saturated carbocycles. The van der Waals surface area contributed by atoms with Crippen LogP contribution in [-0.4, -0.2) is 22.0 Å². The third kappa shape index (κ3) is 4.92. The van der Waals surface area contributed by atoms with Gasteiger partial charge < -0.3 is 14.5 Å². The first-order valence-electron chi connectivity index (χ1n) is 10.2. The first kappa shape index (κ1) is 23.0. The zero-order valence-electron chi connectivity index (χ0n) is 18.3. The number of non-ortho nitro benzene ring substituents is 1. The normalized spacial score (nSPS) is 11.3. The van der Waals surface area contributed by atoms with Crippen molar-refractivity contribution in [3.8, 4) is 17.6 Å². The van der Waals surface area contributed by atoms with Gasteiger partial charge in [-0.05, 0) is 54.0 Å². The number of allylic oxidation sites excluding steroid dienone is 1. The lowest BCUT2D eigenvalue weighted by atomic mass is 10.1. The second kappa shape index (κ2) is 9.77. The molecule has 1 aromatic heterocycles. The number of nitro groups is 1. The molecule has 9 heteroatoms.